The molecule has 0 aromatic heterocycles. The number of rotatable bonds is 8. The summed E-state index contributed by atoms with van der Waals surface area (Å²) in [5.74, 6) is 0.748. The van der Waals surface area contributed by atoms with E-state index in [1.54, 1.807) is 7.05 Å². The first-order valence-electron chi connectivity index (χ1n) is 6.87. The number of likely N-dealkylation sites (N-methyl/N-ethyl adjacent to an activating group) is 1. The average Bonchev–Trinajstić information content (AvgIpc) is 2.46. The number of ether oxygens (including phenoxy) is 1. The molecule has 5 nitrogen and oxygen atoms in total. The van der Waals surface area contributed by atoms with E-state index in [0.29, 0.717) is 18.1 Å². The van der Waals surface area contributed by atoms with Crippen LogP contribution in [0.5, 0.6) is 5.75 Å². The summed E-state index contributed by atoms with van der Waals surface area (Å²) in [7, 11) is 3.62. The van der Waals surface area contributed by atoms with Crippen molar-refractivity contribution in [1.82, 2.24) is 10.2 Å². The van der Waals surface area contributed by atoms with Gasteiger partial charge in [-0.1, -0.05) is 31.3 Å². The maximum Gasteiger partial charge on any atom is 0.223 e. The summed E-state index contributed by atoms with van der Waals surface area (Å²) in [6, 6.07) is 7.41. The van der Waals surface area contributed by atoms with Gasteiger partial charge in [-0.2, -0.15) is 0 Å². The number of nitrogens with one attached hydrogen (secondary N) is 1. The SMILES string of the molecule is CNC(=O)C(C)CN(C)CCOc1cccc(C(N)=S)c1. The van der Waals surface area contributed by atoms with Crippen molar-refractivity contribution in [2.24, 2.45) is 11.7 Å². The second-order valence-corrected chi connectivity index (χ2v) is 5.46. The average molecular weight is 309 g/mol. The number of carbonyl (C=O) groups is 1. The minimum absolute atomic E-state index is 0.0436. The Morgan fingerprint density at radius 3 is 2.86 bits per heavy atom. The molecule has 0 fully saturated rings. The van der Waals surface area contributed by atoms with Crippen molar-refractivity contribution in [3.8, 4) is 5.75 Å². The van der Waals surface area contributed by atoms with Crippen LogP contribution < -0.4 is 15.8 Å². The van der Waals surface area contributed by atoms with Crippen LogP contribution in [-0.4, -0.2) is 49.6 Å². The Morgan fingerprint density at radius 1 is 1.52 bits per heavy atom. The summed E-state index contributed by atoms with van der Waals surface area (Å²) in [5, 5.41) is 2.65. The van der Waals surface area contributed by atoms with Gasteiger partial charge in [-0.3, -0.25) is 4.79 Å². The number of carbonyl (C=O) groups excluding carboxylic acids is 1. The molecule has 1 aromatic carbocycles. The summed E-state index contributed by atoms with van der Waals surface area (Å²) >= 11 is 4.94. The Bertz CT molecular complexity index is 494. The van der Waals surface area contributed by atoms with Crippen LogP contribution in [0.25, 0.3) is 0 Å². The third-order valence-electron chi connectivity index (χ3n) is 3.14. The van der Waals surface area contributed by atoms with Gasteiger partial charge in [-0.25, -0.2) is 0 Å². The van der Waals surface area contributed by atoms with Crippen LogP contribution in [0, 0.1) is 5.92 Å². The van der Waals surface area contributed by atoms with Crippen molar-refractivity contribution in [2.45, 2.75) is 6.92 Å². The van der Waals surface area contributed by atoms with Gasteiger partial charge in [0.1, 0.15) is 17.3 Å². The normalized spacial score (nSPS) is 12.0. The van der Waals surface area contributed by atoms with Gasteiger partial charge >= 0.3 is 0 Å². The minimum Gasteiger partial charge on any atom is -0.492 e. The molecule has 0 saturated carbocycles. The van der Waals surface area contributed by atoms with Gasteiger partial charge in [-0.05, 0) is 19.2 Å². The first-order valence-corrected chi connectivity index (χ1v) is 7.27. The molecule has 0 aliphatic rings. The molecular formula is C15H23N3O2S. The van der Waals surface area contributed by atoms with Gasteiger partial charge in [0.05, 0.1) is 0 Å². The highest BCUT2D eigenvalue weighted by Crippen LogP contribution is 2.13. The molecule has 3 N–H and O–H groups in total. The number of hydrogen-bond donors (Lipinski definition) is 2. The lowest BCUT2D eigenvalue weighted by molar-refractivity contribution is -0.124. The monoisotopic (exact) mass is 309 g/mol. The molecule has 0 spiro atoms. The van der Waals surface area contributed by atoms with Crippen LogP contribution in [0.4, 0.5) is 0 Å². The molecule has 116 valence electrons. The second kappa shape index (κ2) is 8.59. The minimum atomic E-state index is -0.0436. The van der Waals surface area contributed by atoms with Crippen LogP contribution in [0.1, 0.15) is 12.5 Å². The molecule has 6 heteroatoms. The van der Waals surface area contributed by atoms with Crippen molar-refractivity contribution in [3.63, 3.8) is 0 Å². The van der Waals surface area contributed by atoms with Gasteiger partial charge in [-0.15, -0.1) is 0 Å². The topological polar surface area (TPSA) is 67.6 Å². The Morgan fingerprint density at radius 2 is 2.24 bits per heavy atom. The fourth-order valence-corrected chi connectivity index (χ4v) is 2.07. The third kappa shape index (κ3) is 6.10. The van der Waals surface area contributed by atoms with Gasteiger partial charge in [0.15, 0.2) is 0 Å². The molecule has 1 rings (SSSR count). The lowest BCUT2D eigenvalue weighted by Gasteiger charge is -2.20. The van der Waals surface area contributed by atoms with Gasteiger partial charge in [0.25, 0.3) is 0 Å². The first-order chi connectivity index (χ1) is 9.93. The standard InChI is InChI=1S/C15H23N3O2S/c1-11(15(19)17-2)10-18(3)7-8-20-13-6-4-5-12(9-13)14(16)21/h4-6,9,11H,7-8,10H2,1-3H3,(H2,16,21)(H,17,19). The molecule has 1 aromatic rings. The zero-order valence-corrected chi connectivity index (χ0v) is 13.6. The highest BCUT2D eigenvalue weighted by molar-refractivity contribution is 7.80. The summed E-state index contributed by atoms with van der Waals surface area (Å²) in [6.07, 6.45) is 0. The largest absolute Gasteiger partial charge is 0.492 e. The zero-order valence-electron chi connectivity index (χ0n) is 12.8. The van der Waals surface area contributed by atoms with E-state index in [1.807, 2.05) is 38.2 Å². The predicted octanol–water partition coefficient (Wildman–Crippen LogP) is 1.01. The quantitative estimate of drug-likeness (QED) is 0.702. The Kier molecular flexibility index (Phi) is 7.11. The highest BCUT2D eigenvalue weighted by Gasteiger charge is 2.13. The van der Waals surface area contributed by atoms with E-state index in [2.05, 4.69) is 10.2 Å². The molecular weight excluding hydrogens is 286 g/mol. The smallest absolute Gasteiger partial charge is 0.223 e. The molecule has 0 radical (unpaired) electrons. The van der Waals surface area contributed by atoms with E-state index in [1.165, 1.54) is 0 Å². The zero-order chi connectivity index (χ0) is 15.8. The summed E-state index contributed by atoms with van der Waals surface area (Å²) in [6.45, 7) is 3.87. The van der Waals surface area contributed by atoms with Crippen molar-refractivity contribution in [1.29, 1.82) is 0 Å². The van der Waals surface area contributed by atoms with Crippen molar-refractivity contribution in [2.75, 3.05) is 33.8 Å². The number of nitrogens with zero attached hydrogens (tertiary/aromatic N) is 1. The Labute approximate surface area is 131 Å². The van der Waals surface area contributed by atoms with Crippen LogP contribution in [0.15, 0.2) is 24.3 Å². The molecule has 0 heterocycles. The molecule has 0 saturated heterocycles. The fraction of sp³-hybridized carbons (Fsp3) is 0.467. The summed E-state index contributed by atoms with van der Waals surface area (Å²) in [4.78, 5) is 13.9. The highest BCUT2D eigenvalue weighted by atomic mass is 32.1. The molecule has 1 atom stereocenters. The molecule has 21 heavy (non-hydrogen) atoms. The molecule has 1 amide bonds. The van der Waals surface area contributed by atoms with Crippen molar-refractivity contribution in [3.05, 3.63) is 29.8 Å². The molecule has 0 aliphatic carbocycles. The maximum absolute atomic E-state index is 11.5. The second-order valence-electron chi connectivity index (χ2n) is 5.02. The van der Waals surface area contributed by atoms with Crippen molar-refractivity contribution < 1.29 is 9.53 Å². The van der Waals surface area contributed by atoms with E-state index in [9.17, 15) is 4.79 Å². The van der Waals surface area contributed by atoms with Gasteiger partial charge < -0.3 is 20.7 Å². The lowest BCUT2D eigenvalue weighted by atomic mass is 10.1. The number of hydrogen-bond acceptors (Lipinski definition) is 4. The van der Waals surface area contributed by atoms with Gasteiger partial charge in [0, 0.05) is 31.6 Å². The number of amides is 1. The number of benzene rings is 1. The number of nitrogens with two attached hydrogens (primary N) is 1. The summed E-state index contributed by atoms with van der Waals surface area (Å²) < 4.78 is 5.68. The maximum atomic E-state index is 11.5. The van der Waals surface area contributed by atoms with E-state index in [4.69, 9.17) is 22.7 Å². The van der Waals surface area contributed by atoms with Crippen LogP contribution in [-0.2, 0) is 4.79 Å². The Hall–Kier alpha value is -1.66. The van der Waals surface area contributed by atoms with Crippen LogP contribution >= 0.6 is 12.2 Å². The third-order valence-corrected chi connectivity index (χ3v) is 3.38. The van der Waals surface area contributed by atoms with Crippen LogP contribution in [0.3, 0.4) is 0 Å². The summed E-state index contributed by atoms with van der Waals surface area (Å²) in [5.41, 5.74) is 6.38. The number of thiocarbonyl (C=S) groups is 1. The predicted molar refractivity (Wildman–Crippen MR) is 88.6 cm³/mol. The van der Waals surface area contributed by atoms with E-state index < -0.39 is 0 Å². The Balaban J connectivity index is 2.38. The molecule has 0 aliphatic heterocycles. The molecule has 0 bridgehead atoms. The lowest BCUT2D eigenvalue weighted by Crippen LogP contribution is -2.36. The van der Waals surface area contributed by atoms with Gasteiger partial charge in [0.2, 0.25) is 5.91 Å². The van der Waals surface area contributed by atoms with Crippen LogP contribution in [0.2, 0.25) is 0 Å². The first kappa shape index (κ1) is 17.4. The van der Waals surface area contributed by atoms with E-state index >= 15 is 0 Å². The van der Waals surface area contributed by atoms with Crippen molar-refractivity contribution >= 4 is 23.1 Å². The van der Waals surface area contributed by atoms with E-state index in [-0.39, 0.29) is 11.8 Å². The van der Waals surface area contributed by atoms with E-state index in [0.717, 1.165) is 17.9 Å². The molecule has 1 unspecified atom stereocenters. The fourth-order valence-electron chi connectivity index (χ4n) is 1.95.